The first kappa shape index (κ1) is 18.0. The van der Waals surface area contributed by atoms with Crippen molar-refractivity contribution in [3.05, 3.63) is 59.7 Å². The van der Waals surface area contributed by atoms with Gasteiger partial charge in [0.15, 0.2) is 11.5 Å². The van der Waals surface area contributed by atoms with E-state index in [1.807, 2.05) is 58.3 Å². The Hall–Kier alpha value is -3.02. The average Bonchev–Trinajstić information content (AvgIpc) is 3.43. The zero-order valence-electron chi connectivity index (χ0n) is 16.3. The lowest BCUT2D eigenvalue weighted by Gasteiger charge is -2.35. The number of hydrogen-bond acceptors (Lipinski definition) is 4. The topological polar surface area (TPSA) is 59.1 Å². The number of benzene rings is 2. The Labute approximate surface area is 170 Å². The minimum Gasteiger partial charge on any atom is -0.454 e. The highest BCUT2D eigenvalue weighted by Gasteiger charge is 2.46. The highest BCUT2D eigenvalue weighted by molar-refractivity contribution is 5.84. The van der Waals surface area contributed by atoms with Gasteiger partial charge in [-0.25, -0.2) is 0 Å². The summed E-state index contributed by atoms with van der Waals surface area (Å²) < 4.78 is 10.8. The quantitative estimate of drug-likeness (QED) is 0.802. The van der Waals surface area contributed by atoms with Crippen LogP contribution in [0, 0.1) is 5.92 Å². The smallest absolute Gasteiger partial charge is 0.231 e. The van der Waals surface area contributed by atoms with E-state index in [0.717, 1.165) is 29.0 Å². The van der Waals surface area contributed by atoms with Crippen molar-refractivity contribution < 1.29 is 19.1 Å². The van der Waals surface area contributed by atoms with Crippen LogP contribution in [0.5, 0.6) is 11.5 Å². The molecule has 2 fully saturated rings. The van der Waals surface area contributed by atoms with E-state index in [9.17, 15) is 9.59 Å². The Kier molecular flexibility index (Phi) is 4.62. The van der Waals surface area contributed by atoms with E-state index in [1.165, 1.54) is 0 Å². The molecule has 0 aromatic heterocycles. The predicted molar refractivity (Wildman–Crippen MR) is 107 cm³/mol. The van der Waals surface area contributed by atoms with Crippen molar-refractivity contribution >= 4 is 11.8 Å². The first-order valence-corrected chi connectivity index (χ1v) is 10.2. The summed E-state index contributed by atoms with van der Waals surface area (Å²) in [6, 6.07) is 15.8. The third-order valence-electron chi connectivity index (χ3n) is 6.07. The van der Waals surface area contributed by atoms with E-state index in [0.29, 0.717) is 32.6 Å². The number of hydrogen-bond donors (Lipinski definition) is 0. The number of nitrogens with zero attached hydrogens (tertiary/aromatic N) is 2. The molecule has 0 bridgehead atoms. The van der Waals surface area contributed by atoms with E-state index in [2.05, 4.69) is 0 Å². The second-order valence-electron chi connectivity index (χ2n) is 7.93. The van der Waals surface area contributed by atoms with E-state index < -0.39 is 0 Å². The number of fused-ring (bicyclic) bond motifs is 1. The average molecular weight is 392 g/mol. The summed E-state index contributed by atoms with van der Waals surface area (Å²) in [5.74, 6) is 2.19. The molecule has 1 saturated carbocycles. The minimum absolute atomic E-state index is 0.0435. The lowest BCUT2D eigenvalue weighted by molar-refractivity contribution is -0.140. The fourth-order valence-electron chi connectivity index (χ4n) is 4.27. The van der Waals surface area contributed by atoms with E-state index >= 15 is 0 Å². The minimum atomic E-state index is 0.0435. The molecule has 2 aromatic rings. The van der Waals surface area contributed by atoms with Crippen LogP contribution in [0.15, 0.2) is 48.5 Å². The molecule has 0 spiro atoms. The molecule has 2 aliphatic heterocycles. The molecule has 1 aliphatic carbocycles. The third-order valence-corrected chi connectivity index (χ3v) is 6.07. The second kappa shape index (κ2) is 7.43. The molecular formula is C23H24N2O4. The molecular weight excluding hydrogens is 368 g/mol. The van der Waals surface area contributed by atoms with Crippen LogP contribution in [0.25, 0.3) is 0 Å². The maximum atomic E-state index is 12.9. The summed E-state index contributed by atoms with van der Waals surface area (Å²) in [6.45, 7) is 2.71. The van der Waals surface area contributed by atoms with E-state index in [1.54, 1.807) is 0 Å². The van der Waals surface area contributed by atoms with Crippen LogP contribution in [0.2, 0.25) is 0 Å². The molecule has 29 heavy (non-hydrogen) atoms. The summed E-state index contributed by atoms with van der Waals surface area (Å²) in [5, 5.41) is 0. The summed E-state index contributed by atoms with van der Waals surface area (Å²) in [7, 11) is 0. The lowest BCUT2D eigenvalue weighted by Crippen LogP contribution is -2.51. The van der Waals surface area contributed by atoms with Crippen molar-refractivity contribution in [2.45, 2.75) is 18.8 Å². The van der Waals surface area contributed by atoms with Crippen molar-refractivity contribution in [1.29, 1.82) is 0 Å². The Morgan fingerprint density at radius 2 is 1.62 bits per heavy atom. The highest BCUT2D eigenvalue weighted by atomic mass is 16.7. The first-order chi connectivity index (χ1) is 14.2. The van der Waals surface area contributed by atoms with Crippen molar-refractivity contribution in [1.82, 2.24) is 9.80 Å². The molecule has 6 nitrogen and oxygen atoms in total. The number of ether oxygens (including phenoxy) is 2. The van der Waals surface area contributed by atoms with Crippen molar-refractivity contribution in [2.75, 3.05) is 33.0 Å². The first-order valence-electron chi connectivity index (χ1n) is 10.2. The van der Waals surface area contributed by atoms with Crippen LogP contribution >= 0.6 is 0 Å². The SMILES string of the molecule is O=C(Cc1ccccc1)N1CCN(C(=O)C2CC2c2ccc3c(c2)OCO3)CC1. The molecule has 2 unspecified atom stereocenters. The van der Waals surface area contributed by atoms with Gasteiger partial charge in [0.1, 0.15) is 0 Å². The maximum absolute atomic E-state index is 12.9. The molecule has 2 amide bonds. The van der Waals surface area contributed by atoms with Crippen LogP contribution in [0.3, 0.4) is 0 Å². The molecule has 0 radical (unpaired) electrons. The number of piperazine rings is 1. The summed E-state index contributed by atoms with van der Waals surface area (Å²) in [4.78, 5) is 29.2. The predicted octanol–water partition coefficient (Wildman–Crippen LogP) is 2.43. The largest absolute Gasteiger partial charge is 0.454 e. The van der Waals surface area contributed by atoms with Gasteiger partial charge in [0, 0.05) is 32.1 Å². The lowest BCUT2D eigenvalue weighted by atomic mass is 10.1. The van der Waals surface area contributed by atoms with E-state index in [4.69, 9.17) is 9.47 Å². The van der Waals surface area contributed by atoms with Crippen LogP contribution in [0.4, 0.5) is 0 Å². The Bertz CT molecular complexity index is 922. The molecule has 2 aromatic carbocycles. The zero-order chi connectivity index (χ0) is 19.8. The van der Waals surface area contributed by atoms with Crippen molar-refractivity contribution in [3.63, 3.8) is 0 Å². The van der Waals surface area contributed by atoms with Crippen molar-refractivity contribution in [3.8, 4) is 11.5 Å². The normalized spacial score (nSPS) is 22.5. The Morgan fingerprint density at radius 1 is 0.897 bits per heavy atom. The third kappa shape index (κ3) is 3.67. The van der Waals surface area contributed by atoms with Crippen LogP contribution in [-0.2, 0) is 16.0 Å². The monoisotopic (exact) mass is 392 g/mol. The summed E-state index contributed by atoms with van der Waals surface area (Å²) in [5.41, 5.74) is 2.17. The fourth-order valence-corrected chi connectivity index (χ4v) is 4.27. The maximum Gasteiger partial charge on any atom is 0.231 e. The van der Waals surface area contributed by atoms with Gasteiger partial charge in [0.2, 0.25) is 18.6 Å². The van der Waals surface area contributed by atoms with Gasteiger partial charge in [-0.2, -0.15) is 0 Å². The highest BCUT2D eigenvalue weighted by Crippen LogP contribution is 2.50. The number of rotatable bonds is 4. The van der Waals surface area contributed by atoms with Gasteiger partial charge in [0.05, 0.1) is 6.42 Å². The second-order valence-corrected chi connectivity index (χ2v) is 7.93. The Morgan fingerprint density at radius 3 is 2.41 bits per heavy atom. The van der Waals surface area contributed by atoms with Gasteiger partial charge >= 0.3 is 0 Å². The molecule has 5 rings (SSSR count). The molecule has 3 aliphatic rings. The van der Waals surface area contributed by atoms with Gasteiger partial charge in [-0.1, -0.05) is 36.4 Å². The molecule has 2 heterocycles. The van der Waals surface area contributed by atoms with Crippen LogP contribution in [0.1, 0.15) is 23.5 Å². The number of carbonyl (C=O) groups is 2. The molecule has 0 N–H and O–H groups in total. The molecule has 6 heteroatoms. The van der Waals surface area contributed by atoms with Crippen molar-refractivity contribution in [2.24, 2.45) is 5.92 Å². The van der Waals surface area contributed by atoms with Crippen LogP contribution < -0.4 is 9.47 Å². The van der Waals surface area contributed by atoms with Gasteiger partial charge in [-0.05, 0) is 35.6 Å². The molecule has 150 valence electrons. The molecule has 1 saturated heterocycles. The standard InChI is InChI=1S/C23H24N2O4/c26-22(12-16-4-2-1-3-5-16)24-8-10-25(11-9-24)23(27)19-14-18(19)17-6-7-20-21(13-17)29-15-28-20/h1-7,13,18-19H,8-12,14-15H2. The molecule has 2 atom stereocenters. The van der Waals surface area contributed by atoms with E-state index in [-0.39, 0.29) is 30.4 Å². The van der Waals surface area contributed by atoms with Crippen LogP contribution in [-0.4, -0.2) is 54.6 Å². The number of amides is 2. The van der Waals surface area contributed by atoms with Gasteiger partial charge in [-0.15, -0.1) is 0 Å². The summed E-state index contributed by atoms with van der Waals surface area (Å²) >= 11 is 0. The zero-order valence-corrected chi connectivity index (χ0v) is 16.3. The van der Waals surface area contributed by atoms with Gasteiger partial charge in [0.25, 0.3) is 0 Å². The Balaban J connectivity index is 1.14. The van der Waals surface area contributed by atoms with Gasteiger partial charge < -0.3 is 19.3 Å². The number of carbonyl (C=O) groups excluding carboxylic acids is 2. The van der Waals surface area contributed by atoms with Gasteiger partial charge in [-0.3, -0.25) is 9.59 Å². The summed E-state index contributed by atoms with van der Waals surface area (Å²) in [6.07, 6.45) is 1.30. The fraction of sp³-hybridized carbons (Fsp3) is 0.391.